The molecule has 1 atom stereocenters. The number of alkyl halides is 3. The smallest absolute Gasteiger partial charge is 0.362 e. The maximum Gasteiger partial charge on any atom is 0.438 e. The second kappa shape index (κ2) is 6.64. The highest BCUT2D eigenvalue weighted by atomic mass is 32.1. The Labute approximate surface area is 160 Å². The first-order valence-electron chi connectivity index (χ1n) is 8.08. The maximum atomic E-state index is 13.7. The fourth-order valence-corrected chi connectivity index (χ4v) is 3.61. The number of rotatable bonds is 3. The van der Waals surface area contributed by atoms with Gasteiger partial charge in [-0.15, -0.1) is 11.3 Å². The van der Waals surface area contributed by atoms with Crippen LogP contribution >= 0.6 is 11.3 Å². The summed E-state index contributed by atoms with van der Waals surface area (Å²) in [7, 11) is 0. The van der Waals surface area contributed by atoms with Crippen LogP contribution in [0.2, 0.25) is 0 Å². The van der Waals surface area contributed by atoms with Crippen LogP contribution in [0.1, 0.15) is 12.1 Å². The predicted octanol–water partition coefficient (Wildman–Crippen LogP) is 4.21. The third kappa shape index (κ3) is 3.14. The van der Waals surface area contributed by atoms with Crippen molar-refractivity contribution in [3.63, 3.8) is 0 Å². The van der Waals surface area contributed by atoms with Crippen molar-refractivity contribution in [1.82, 2.24) is 9.97 Å². The first kappa shape index (κ1) is 18.5. The zero-order chi connectivity index (χ0) is 19.9. The Bertz CT molecular complexity index is 1020. The van der Waals surface area contributed by atoms with Crippen molar-refractivity contribution in [1.29, 1.82) is 0 Å². The van der Waals surface area contributed by atoms with E-state index in [1.165, 1.54) is 41.9 Å². The Kier molecular flexibility index (Phi) is 4.39. The lowest BCUT2D eigenvalue weighted by molar-refractivity contribution is -0.254. The first-order valence-corrected chi connectivity index (χ1v) is 8.95. The minimum absolute atomic E-state index is 0.000966. The molecule has 3 heterocycles. The van der Waals surface area contributed by atoms with Gasteiger partial charge < -0.3 is 5.11 Å². The molecule has 0 radical (unpaired) electrons. The SMILES string of the molecule is O[C@]1(C(F)(F)F)CC(c2ccccn2)=NN1c1nc(-c2ccc(F)cc2)cs1. The summed E-state index contributed by atoms with van der Waals surface area (Å²) in [6, 6.07) is 10.2. The van der Waals surface area contributed by atoms with E-state index in [9.17, 15) is 22.7 Å². The minimum Gasteiger partial charge on any atom is -0.362 e. The lowest BCUT2D eigenvalue weighted by Gasteiger charge is -2.32. The quantitative estimate of drug-likeness (QED) is 0.660. The summed E-state index contributed by atoms with van der Waals surface area (Å²) in [4.78, 5) is 8.17. The number of hydrogen-bond donors (Lipinski definition) is 1. The molecule has 5 nitrogen and oxygen atoms in total. The van der Waals surface area contributed by atoms with Crippen molar-refractivity contribution in [3.05, 3.63) is 65.6 Å². The Balaban J connectivity index is 1.75. The van der Waals surface area contributed by atoms with Gasteiger partial charge in [0.25, 0.3) is 5.72 Å². The first-order chi connectivity index (χ1) is 13.3. The van der Waals surface area contributed by atoms with Gasteiger partial charge in [-0.2, -0.15) is 23.3 Å². The van der Waals surface area contributed by atoms with Gasteiger partial charge in [-0.1, -0.05) is 6.07 Å². The van der Waals surface area contributed by atoms with E-state index in [2.05, 4.69) is 15.1 Å². The molecule has 0 amide bonds. The van der Waals surface area contributed by atoms with E-state index in [0.29, 0.717) is 16.3 Å². The van der Waals surface area contributed by atoms with E-state index in [4.69, 9.17) is 0 Å². The lowest BCUT2D eigenvalue weighted by atomic mass is 10.0. The maximum absolute atomic E-state index is 13.7. The molecule has 4 rings (SSSR count). The van der Waals surface area contributed by atoms with Gasteiger partial charge in [0.1, 0.15) is 5.82 Å². The number of benzene rings is 1. The van der Waals surface area contributed by atoms with Crippen molar-refractivity contribution in [2.24, 2.45) is 5.10 Å². The number of thiazole rings is 1. The molecule has 0 saturated carbocycles. The van der Waals surface area contributed by atoms with Crippen molar-refractivity contribution in [2.45, 2.75) is 18.3 Å². The van der Waals surface area contributed by atoms with Crippen molar-refractivity contribution < 1.29 is 22.7 Å². The zero-order valence-electron chi connectivity index (χ0n) is 14.1. The van der Waals surface area contributed by atoms with Gasteiger partial charge in [0.05, 0.1) is 23.5 Å². The Morgan fingerprint density at radius 2 is 1.82 bits per heavy atom. The molecule has 1 aliphatic rings. The van der Waals surface area contributed by atoms with Gasteiger partial charge in [-0.05, 0) is 36.4 Å². The van der Waals surface area contributed by atoms with Crippen molar-refractivity contribution in [3.8, 4) is 11.3 Å². The number of anilines is 1. The fraction of sp³-hybridized carbons (Fsp3) is 0.167. The third-order valence-electron chi connectivity index (χ3n) is 4.21. The molecule has 1 N–H and O–H groups in total. The normalized spacial score (nSPS) is 19.8. The van der Waals surface area contributed by atoms with Gasteiger partial charge in [-0.3, -0.25) is 4.98 Å². The molecule has 2 aromatic heterocycles. The van der Waals surface area contributed by atoms with E-state index >= 15 is 0 Å². The van der Waals surface area contributed by atoms with Gasteiger partial charge >= 0.3 is 6.18 Å². The molecule has 28 heavy (non-hydrogen) atoms. The molecule has 0 aliphatic carbocycles. The van der Waals surface area contributed by atoms with Crippen LogP contribution in [-0.4, -0.2) is 32.7 Å². The Morgan fingerprint density at radius 1 is 1.07 bits per heavy atom. The minimum atomic E-state index is -4.98. The average molecular weight is 408 g/mol. The molecule has 144 valence electrons. The molecule has 1 aromatic carbocycles. The molecule has 0 saturated heterocycles. The lowest BCUT2D eigenvalue weighted by Crippen LogP contribution is -2.55. The highest BCUT2D eigenvalue weighted by molar-refractivity contribution is 7.14. The summed E-state index contributed by atoms with van der Waals surface area (Å²) in [6.07, 6.45) is -4.32. The van der Waals surface area contributed by atoms with E-state index in [-0.39, 0.29) is 16.5 Å². The predicted molar refractivity (Wildman–Crippen MR) is 96.4 cm³/mol. The van der Waals surface area contributed by atoms with Crippen LogP contribution in [0.25, 0.3) is 11.3 Å². The number of halogens is 4. The Morgan fingerprint density at radius 3 is 2.46 bits per heavy atom. The van der Waals surface area contributed by atoms with Crippen LogP contribution in [0.4, 0.5) is 22.7 Å². The zero-order valence-corrected chi connectivity index (χ0v) is 14.9. The Hall–Kier alpha value is -2.85. The number of hydrazone groups is 1. The van der Waals surface area contributed by atoms with Crippen molar-refractivity contribution >= 4 is 22.2 Å². The highest BCUT2D eigenvalue weighted by Gasteiger charge is 2.62. The van der Waals surface area contributed by atoms with Crippen LogP contribution in [0, 0.1) is 5.82 Å². The molecular weight excluding hydrogens is 396 g/mol. The highest BCUT2D eigenvalue weighted by Crippen LogP contribution is 2.44. The van der Waals surface area contributed by atoms with Gasteiger partial charge in [0.2, 0.25) is 5.13 Å². The molecule has 0 bridgehead atoms. The van der Waals surface area contributed by atoms with Crippen molar-refractivity contribution in [2.75, 3.05) is 5.01 Å². The molecule has 3 aromatic rings. The molecule has 0 spiro atoms. The second-order valence-electron chi connectivity index (χ2n) is 6.09. The number of aromatic nitrogens is 2. The van der Waals surface area contributed by atoms with Crippen LogP contribution < -0.4 is 5.01 Å². The van der Waals surface area contributed by atoms with Gasteiger partial charge in [0.15, 0.2) is 0 Å². The molecule has 1 aliphatic heterocycles. The topological polar surface area (TPSA) is 61.6 Å². The molecule has 0 fully saturated rings. The summed E-state index contributed by atoms with van der Waals surface area (Å²) < 4.78 is 54.2. The summed E-state index contributed by atoms with van der Waals surface area (Å²) in [5.74, 6) is -0.435. The van der Waals surface area contributed by atoms with Gasteiger partial charge in [0, 0.05) is 17.1 Å². The van der Waals surface area contributed by atoms with Crippen LogP contribution in [0.5, 0.6) is 0 Å². The van der Waals surface area contributed by atoms with Crippen LogP contribution in [-0.2, 0) is 0 Å². The van der Waals surface area contributed by atoms with E-state index in [1.807, 2.05) is 0 Å². The monoisotopic (exact) mass is 408 g/mol. The fourth-order valence-electron chi connectivity index (χ4n) is 2.76. The molecular formula is C18H12F4N4OS. The largest absolute Gasteiger partial charge is 0.438 e. The summed E-state index contributed by atoms with van der Waals surface area (Å²) >= 11 is 0.895. The summed E-state index contributed by atoms with van der Waals surface area (Å²) in [6.45, 7) is 0. The van der Waals surface area contributed by atoms with E-state index in [1.54, 1.807) is 12.1 Å². The number of aliphatic hydroxyl groups is 1. The summed E-state index contributed by atoms with van der Waals surface area (Å²) in [5, 5.41) is 16.3. The molecule has 10 heteroatoms. The standard InChI is InChI=1S/C18H12F4N4OS/c19-12-6-4-11(5-7-12)15-10-28-16(24-15)26-17(27,18(20,21)22)9-14(25-26)13-3-1-2-8-23-13/h1-8,10,27H,9H2/t17-/m0/s1. The number of pyridine rings is 1. The average Bonchev–Trinajstić information content (AvgIpc) is 3.28. The van der Waals surface area contributed by atoms with Gasteiger partial charge in [-0.25, -0.2) is 9.37 Å². The number of hydrogen-bond acceptors (Lipinski definition) is 6. The van der Waals surface area contributed by atoms with E-state index in [0.717, 1.165) is 11.3 Å². The van der Waals surface area contributed by atoms with Crippen LogP contribution in [0.3, 0.4) is 0 Å². The molecule has 0 unspecified atom stereocenters. The third-order valence-corrected chi connectivity index (χ3v) is 5.03. The van der Waals surface area contributed by atoms with E-state index < -0.39 is 24.1 Å². The number of nitrogens with zero attached hydrogens (tertiary/aromatic N) is 4. The van der Waals surface area contributed by atoms with Crippen LogP contribution in [0.15, 0.2) is 59.1 Å². The summed E-state index contributed by atoms with van der Waals surface area (Å²) in [5.41, 5.74) is -2.11. The second-order valence-corrected chi connectivity index (χ2v) is 6.92.